The summed E-state index contributed by atoms with van der Waals surface area (Å²) in [6.07, 6.45) is 1.86. The second kappa shape index (κ2) is 6.16. The Kier molecular flexibility index (Phi) is 4.55. The van der Waals surface area contributed by atoms with Crippen molar-refractivity contribution in [2.75, 3.05) is 0 Å². The van der Waals surface area contributed by atoms with Crippen molar-refractivity contribution in [3.63, 3.8) is 0 Å². The van der Waals surface area contributed by atoms with Crippen LogP contribution in [0.25, 0.3) is 0 Å². The minimum Gasteiger partial charge on any atom is -0.327 e. The Morgan fingerprint density at radius 2 is 2.21 bits per heavy atom. The SMILES string of the molecule is CCC(N)Cc1cc(C)ccc1Sc1nnnn1C. The van der Waals surface area contributed by atoms with Gasteiger partial charge in [-0.25, -0.2) is 4.68 Å². The maximum Gasteiger partial charge on any atom is 0.213 e. The number of tetrazole rings is 1. The van der Waals surface area contributed by atoms with Crippen LogP contribution in [0.15, 0.2) is 28.3 Å². The van der Waals surface area contributed by atoms with Crippen molar-refractivity contribution in [1.82, 2.24) is 20.2 Å². The third-order valence-electron chi connectivity index (χ3n) is 3.00. The van der Waals surface area contributed by atoms with Gasteiger partial charge in [-0.1, -0.05) is 24.6 Å². The molecule has 1 aromatic carbocycles. The fraction of sp³-hybridized carbons (Fsp3) is 0.462. The van der Waals surface area contributed by atoms with Gasteiger partial charge in [0, 0.05) is 18.0 Å². The first-order chi connectivity index (χ1) is 9.10. The number of nitrogens with two attached hydrogens (primary N) is 1. The van der Waals surface area contributed by atoms with Crippen molar-refractivity contribution in [2.24, 2.45) is 12.8 Å². The fourth-order valence-corrected chi connectivity index (χ4v) is 2.65. The first-order valence-electron chi connectivity index (χ1n) is 6.35. The second-order valence-corrected chi connectivity index (χ2v) is 5.68. The van der Waals surface area contributed by atoms with E-state index in [0.717, 1.165) is 18.0 Å². The predicted octanol–water partition coefficient (Wildman–Crippen LogP) is 1.95. The first kappa shape index (κ1) is 14.0. The molecule has 0 amide bonds. The molecule has 6 heteroatoms. The van der Waals surface area contributed by atoms with Crippen LogP contribution in [0, 0.1) is 6.92 Å². The van der Waals surface area contributed by atoms with Gasteiger partial charge >= 0.3 is 0 Å². The monoisotopic (exact) mass is 277 g/mol. The molecule has 1 atom stereocenters. The van der Waals surface area contributed by atoms with Crippen LogP contribution < -0.4 is 5.73 Å². The normalized spacial score (nSPS) is 12.6. The highest BCUT2D eigenvalue weighted by molar-refractivity contribution is 7.99. The van der Waals surface area contributed by atoms with Crippen LogP contribution in [-0.2, 0) is 13.5 Å². The Labute approximate surface area is 117 Å². The zero-order valence-electron chi connectivity index (χ0n) is 11.5. The molecule has 0 saturated heterocycles. The van der Waals surface area contributed by atoms with Gasteiger partial charge in [-0.3, -0.25) is 0 Å². The molecule has 1 unspecified atom stereocenters. The average molecular weight is 277 g/mol. The number of benzene rings is 1. The highest BCUT2D eigenvalue weighted by Gasteiger charge is 2.11. The molecule has 0 spiro atoms. The standard InChI is InChI=1S/C13H19N5S/c1-4-11(14)8-10-7-9(2)5-6-12(10)19-13-15-16-17-18(13)3/h5-7,11H,4,8,14H2,1-3H3. The third kappa shape index (κ3) is 3.54. The molecule has 0 bridgehead atoms. The quantitative estimate of drug-likeness (QED) is 0.904. The predicted molar refractivity (Wildman–Crippen MR) is 76.1 cm³/mol. The van der Waals surface area contributed by atoms with Gasteiger partial charge in [-0.2, -0.15) is 0 Å². The summed E-state index contributed by atoms with van der Waals surface area (Å²) in [5, 5.41) is 12.3. The molecule has 5 nitrogen and oxygen atoms in total. The first-order valence-corrected chi connectivity index (χ1v) is 7.17. The molecule has 0 aliphatic carbocycles. The van der Waals surface area contributed by atoms with E-state index in [4.69, 9.17) is 5.73 Å². The van der Waals surface area contributed by atoms with Crippen LogP contribution in [0.5, 0.6) is 0 Å². The molecule has 0 radical (unpaired) electrons. The number of hydrogen-bond donors (Lipinski definition) is 1. The van der Waals surface area contributed by atoms with Crippen LogP contribution in [-0.4, -0.2) is 26.2 Å². The Bertz CT molecular complexity index is 552. The van der Waals surface area contributed by atoms with E-state index in [1.54, 1.807) is 16.4 Å². The summed E-state index contributed by atoms with van der Waals surface area (Å²) in [5.41, 5.74) is 8.59. The van der Waals surface area contributed by atoms with E-state index < -0.39 is 0 Å². The van der Waals surface area contributed by atoms with Gasteiger partial charge < -0.3 is 5.73 Å². The molecule has 0 fully saturated rings. The lowest BCUT2D eigenvalue weighted by Gasteiger charge is -2.13. The van der Waals surface area contributed by atoms with Crippen molar-refractivity contribution in [2.45, 2.75) is 42.8 Å². The second-order valence-electron chi connectivity index (χ2n) is 4.67. The molecule has 0 aliphatic heterocycles. The van der Waals surface area contributed by atoms with Gasteiger partial charge in [0.2, 0.25) is 5.16 Å². The van der Waals surface area contributed by atoms with E-state index >= 15 is 0 Å². The fourth-order valence-electron chi connectivity index (χ4n) is 1.80. The largest absolute Gasteiger partial charge is 0.327 e. The highest BCUT2D eigenvalue weighted by atomic mass is 32.2. The van der Waals surface area contributed by atoms with E-state index in [-0.39, 0.29) is 6.04 Å². The molecule has 2 N–H and O–H groups in total. The lowest BCUT2D eigenvalue weighted by molar-refractivity contribution is 0.640. The molecule has 1 aromatic heterocycles. The van der Waals surface area contributed by atoms with Crippen LogP contribution >= 0.6 is 11.8 Å². The summed E-state index contributed by atoms with van der Waals surface area (Å²) in [4.78, 5) is 1.17. The molecule has 102 valence electrons. The van der Waals surface area contributed by atoms with Crippen LogP contribution in [0.4, 0.5) is 0 Å². The van der Waals surface area contributed by atoms with E-state index in [1.807, 2.05) is 7.05 Å². The number of aryl methyl sites for hydroxylation is 2. The molecule has 2 rings (SSSR count). The number of aromatic nitrogens is 4. The van der Waals surface area contributed by atoms with Crippen LogP contribution in [0.2, 0.25) is 0 Å². The summed E-state index contributed by atoms with van der Waals surface area (Å²) < 4.78 is 1.67. The smallest absolute Gasteiger partial charge is 0.213 e. The number of hydrogen-bond acceptors (Lipinski definition) is 5. The van der Waals surface area contributed by atoms with Crippen molar-refractivity contribution in [1.29, 1.82) is 0 Å². The third-order valence-corrected chi connectivity index (χ3v) is 4.15. The van der Waals surface area contributed by atoms with Crippen LogP contribution in [0.3, 0.4) is 0 Å². The van der Waals surface area contributed by atoms with E-state index in [1.165, 1.54) is 16.0 Å². The Balaban J connectivity index is 2.26. The summed E-state index contributed by atoms with van der Waals surface area (Å²) in [7, 11) is 1.84. The lowest BCUT2D eigenvalue weighted by atomic mass is 10.0. The molecule has 1 heterocycles. The highest BCUT2D eigenvalue weighted by Crippen LogP contribution is 2.29. The maximum absolute atomic E-state index is 6.07. The molecular formula is C13H19N5S. The maximum atomic E-state index is 6.07. The molecule has 0 saturated carbocycles. The molecular weight excluding hydrogens is 258 g/mol. The van der Waals surface area contributed by atoms with Crippen molar-refractivity contribution in [3.8, 4) is 0 Å². The minimum atomic E-state index is 0.193. The zero-order chi connectivity index (χ0) is 13.8. The topological polar surface area (TPSA) is 69.6 Å². The van der Waals surface area contributed by atoms with Gasteiger partial charge in [0.1, 0.15) is 0 Å². The van der Waals surface area contributed by atoms with Gasteiger partial charge in [-0.15, -0.1) is 5.10 Å². The van der Waals surface area contributed by atoms with Gasteiger partial charge in [-0.05, 0) is 53.6 Å². The van der Waals surface area contributed by atoms with Gasteiger partial charge in [0.15, 0.2) is 0 Å². The van der Waals surface area contributed by atoms with E-state index in [2.05, 4.69) is 47.6 Å². The van der Waals surface area contributed by atoms with Gasteiger partial charge in [0.05, 0.1) is 0 Å². The van der Waals surface area contributed by atoms with Crippen molar-refractivity contribution in [3.05, 3.63) is 29.3 Å². The summed E-state index contributed by atoms with van der Waals surface area (Å²) in [5.74, 6) is 0. The molecule has 2 aromatic rings. The molecule has 0 aliphatic rings. The van der Waals surface area contributed by atoms with Gasteiger partial charge in [0.25, 0.3) is 0 Å². The summed E-state index contributed by atoms with van der Waals surface area (Å²) in [6.45, 7) is 4.21. The van der Waals surface area contributed by atoms with E-state index in [9.17, 15) is 0 Å². The van der Waals surface area contributed by atoms with Crippen LogP contribution in [0.1, 0.15) is 24.5 Å². The summed E-state index contributed by atoms with van der Waals surface area (Å²) in [6, 6.07) is 6.61. The van der Waals surface area contributed by atoms with Crippen molar-refractivity contribution < 1.29 is 0 Å². The zero-order valence-corrected chi connectivity index (χ0v) is 12.3. The lowest BCUT2D eigenvalue weighted by Crippen LogP contribution is -2.21. The minimum absolute atomic E-state index is 0.193. The summed E-state index contributed by atoms with van der Waals surface area (Å²) >= 11 is 1.58. The Morgan fingerprint density at radius 1 is 1.42 bits per heavy atom. The molecule has 19 heavy (non-hydrogen) atoms. The Hall–Kier alpha value is -1.40. The van der Waals surface area contributed by atoms with E-state index in [0.29, 0.717) is 0 Å². The Morgan fingerprint density at radius 3 is 2.84 bits per heavy atom. The number of nitrogens with zero attached hydrogens (tertiary/aromatic N) is 4. The number of rotatable bonds is 5. The van der Waals surface area contributed by atoms with Crippen molar-refractivity contribution >= 4 is 11.8 Å². The average Bonchev–Trinajstić information content (AvgIpc) is 2.78.